The quantitative estimate of drug-likeness (QED) is 0.738. The molecule has 0 fully saturated rings. The summed E-state index contributed by atoms with van der Waals surface area (Å²) >= 11 is 0. The SMILES string of the molecule is CCOC(=O)c1ccccc1N(CCC(=O)Nc1cc(C)ccc1C)C(C)=O. The summed E-state index contributed by atoms with van der Waals surface area (Å²) in [6.45, 7) is 7.41. The molecule has 0 heterocycles. The molecule has 0 atom stereocenters. The highest BCUT2D eigenvalue weighted by molar-refractivity contribution is 6.02. The van der Waals surface area contributed by atoms with E-state index in [4.69, 9.17) is 4.74 Å². The van der Waals surface area contributed by atoms with E-state index in [2.05, 4.69) is 5.32 Å². The Morgan fingerprint density at radius 1 is 1.07 bits per heavy atom. The fraction of sp³-hybridized carbons (Fsp3) is 0.318. The van der Waals surface area contributed by atoms with E-state index in [0.29, 0.717) is 11.3 Å². The van der Waals surface area contributed by atoms with Crippen molar-refractivity contribution in [1.29, 1.82) is 0 Å². The molecule has 0 aliphatic carbocycles. The van der Waals surface area contributed by atoms with E-state index >= 15 is 0 Å². The summed E-state index contributed by atoms with van der Waals surface area (Å²) < 4.78 is 5.07. The maximum absolute atomic E-state index is 12.4. The lowest BCUT2D eigenvalue weighted by atomic mass is 10.1. The molecule has 2 aromatic rings. The molecule has 1 N–H and O–H groups in total. The zero-order chi connectivity index (χ0) is 20.7. The van der Waals surface area contributed by atoms with Crippen LogP contribution < -0.4 is 10.2 Å². The molecule has 0 aromatic heterocycles. The second-order valence-electron chi connectivity index (χ2n) is 6.52. The van der Waals surface area contributed by atoms with Crippen LogP contribution in [0.1, 0.15) is 41.8 Å². The lowest BCUT2D eigenvalue weighted by Gasteiger charge is -2.23. The van der Waals surface area contributed by atoms with E-state index in [9.17, 15) is 14.4 Å². The molecule has 0 aliphatic heterocycles. The minimum Gasteiger partial charge on any atom is -0.462 e. The van der Waals surface area contributed by atoms with Gasteiger partial charge in [-0.15, -0.1) is 0 Å². The number of carbonyl (C=O) groups excluding carboxylic acids is 3. The molecule has 0 saturated carbocycles. The lowest BCUT2D eigenvalue weighted by molar-refractivity contribution is -0.117. The highest BCUT2D eigenvalue weighted by atomic mass is 16.5. The van der Waals surface area contributed by atoms with Gasteiger partial charge in [0, 0.05) is 25.6 Å². The summed E-state index contributed by atoms with van der Waals surface area (Å²) in [6.07, 6.45) is 0.101. The molecular formula is C22H26N2O4. The maximum atomic E-state index is 12.4. The van der Waals surface area contributed by atoms with Crippen LogP contribution in [0, 0.1) is 13.8 Å². The Kier molecular flexibility index (Phi) is 7.32. The summed E-state index contributed by atoms with van der Waals surface area (Å²) in [7, 11) is 0. The number of benzene rings is 2. The smallest absolute Gasteiger partial charge is 0.340 e. The van der Waals surface area contributed by atoms with E-state index in [1.165, 1.54) is 11.8 Å². The Bertz CT molecular complexity index is 877. The van der Waals surface area contributed by atoms with E-state index in [1.807, 2.05) is 32.0 Å². The van der Waals surface area contributed by atoms with Gasteiger partial charge in [-0.1, -0.05) is 24.3 Å². The zero-order valence-corrected chi connectivity index (χ0v) is 16.7. The Morgan fingerprint density at radius 2 is 1.79 bits per heavy atom. The summed E-state index contributed by atoms with van der Waals surface area (Å²) in [4.78, 5) is 38.2. The third-order valence-electron chi connectivity index (χ3n) is 4.30. The van der Waals surface area contributed by atoms with Crippen molar-refractivity contribution in [2.75, 3.05) is 23.4 Å². The maximum Gasteiger partial charge on any atom is 0.340 e. The fourth-order valence-corrected chi connectivity index (χ4v) is 2.83. The molecule has 2 aromatic carbocycles. The molecule has 0 unspecified atom stereocenters. The number of hydrogen-bond acceptors (Lipinski definition) is 4. The first-order chi connectivity index (χ1) is 13.3. The van der Waals surface area contributed by atoms with Gasteiger partial charge in [0.15, 0.2) is 0 Å². The third kappa shape index (κ3) is 5.42. The van der Waals surface area contributed by atoms with Crippen molar-refractivity contribution < 1.29 is 19.1 Å². The number of para-hydroxylation sites is 1. The monoisotopic (exact) mass is 382 g/mol. The highest BCUT2D eigenvalue weighted by Crippen LogP contribution is 2.22. The Labute approximate surface area is 165 Å². The Hall–Kier alpha value is -3.15. The average Bonchev–Trinajstić information content (AvgIpc) is 2.65. The van der Waals surface area contributed by atoms with Gasteiger partial charge in [-0.3, -0.25) is 9.59 Å². The van der Waals surface area contributed by atoms with Crippen molar-refractivity contribution in [3.63, 3.8) is 0 Å². The van der Waals surface area contributed by atoms with E-state index in [1.54, 1.807) is 31.2 Å². The molecule has 0 radical (unpaired) electrons. The molecule has 148 valence electrons. The molecule has 28 heavy (non-hydrogen) atoms. The van der Waals surface area contributed by atoms with Crippen LogP contribution in [-0.2, 0) is 14.3 Å². The number of amides is 2. The molecule has 2 rings (SSSR count). The number of ether oxygens (including phenoxy) is 1. The summed E-state index contributed by atoms with van der Waals surface area (Å²) in [5.74, 6) is -0.950. The van der Waals surface area contributed by atoms with Gasteiger partial charge in [0.05, 0.1) is 17.9 Å². The Balaban J connectivity index is 2.14. The number of nitrogens with one attached hydrogen (secondary N) is 1. The van der Waals surface area contributed by atoms with E-state index in [-0.39, 0.29) is 31.4 Å². The molecule has 0 bridgehead atoms. The van der Waals surface area contributed by atoms with Crippen LogP contribution in [0.5, 0.6) is 0 Å². The summed E-state index contributed by atoms with van der Waals surface area (Å²) in [6, 6.07) is 12.6. The largest absolute Gasteiger partial charge is 0.462 e. The third-order valence-corrected chi connectivity index (χ3v) is 4.30. The van der Waals surface area contributed by atoms with Gasteiger partial charge < -0.3 is 15.0 Å². The second-order valence-corrected chi connectivity index (χ2v) is 6.52. The first kappa shape index (κ1) is 21.2. The minimum atomic E-state index is -0.496. The lowest BCUT2D eigenvalue weighted by Crippen LogP contribution is -2.33. The van der Waals surface area contributed by atoms with Crippen molar-refractivity contribution in [3.8, 4) is 0 Å². The van der Waals surface area contributed by atoms with Crippen LogP contribution in [0.15, 0.2) is 42.5 Å². The first-order valence-electron chi connectivity index (χ1n) is 9.24. The summed E-state index contributed by atoms with van der Waals surface area (Å²) in [5.41, 5.74) is 3.51. The van der Waals surface area contributed by atoms with Gasteiger partial charge in [-0.2, -0.15) is 0 Å². The van der Waals surface area contributed by atoms with Crippen LogP contribution in [0.25, 0.3) is 0 Å². The number of esters is 1. The molecular weight excluding hydrogens is 356 g/mol. The number of hydrogen-bond donors (Lipinski definition) is 1. The minimum absolute atomic E-state index is 0.101. The summed E-state index contributed by atoms with van der Waals surface area (Å²) in [5, 5.41) is 2.89. The van der Waals surface area contributed by atoms with Crippen LogP contribution >= 0.6 is 0 Å². The molecule has 6 heteroatoms. The Morgan fingerprint density at radius 3 is 2.46 bits per heavy atom. The van der Waals surface area contributed by atoms with Crippen LogP contribution in [0.4, 0.5) is 11.4 Å². The number of carbonyl (C=O) groups is 3. The standard InChI is InChI=1S/C22H26N2O4/c1-5-28-22(27)18-8-6-7-9-20(18)24(17(4)25)13-12-21(26)23-19-14-15(2)10-11-16(19)3/h6-11,14H,5,12-13H2,1-4H3,(H,23,26). The molecule has 0 saturated heterocycles. The normalized spacial score (nSPS) is 10.3. The molecule has 0 aliphatic rings. The van der Waals surface area contributed by atoms with E-state index in [0.717, 1.165) is 16.8 Å². The van der Waals surface area contributed by atoms with Crippen LogP contribution in [0.3, 0.4) is 0 Å². The molecule has 2 amide bonds. The van der Waals surface area contributed by atoms with Crippen molar-refractivity contribution >= 4 is 29.2 Å². The van der Waals surface area contributed by atoms with Gasteiger partial charge in [-0.05, 0) is 50.1 Å². The number of rotatable bonds is 7. The van der Waals surface area contributed by atoms with Crippen molar-refractivity contribution in [3.05, 3.63) is 59.2 Å². The van der Waals surface area contributed by atoms with Gasteiger partial charge in [0.1, 0.15) is 0 Å². The van der Waals surface area contributed by atoms with Gasteiger partial charge in [-0.25, -0.2) is 4.79 Å². The number of anilines is 2. The fourth-order valence-electron chi connectivity index (χ4n) is 2.83. The van der Waals surface area contributed by atoms with Gasteiger partial charge in [0.25, 0.3) is 0 Å². The van der Waals surface area contributed by atoms with Gasteiger partial charge in [0.2, 0.25) is 11.8 Å². The average molecular weight is 382 g/mol. The molecule has 0 spiro atoms. The predicted octanol–water partition coefficient (Wildman–Crippen LogP) is 3.86. The van der Waals surface area contributed by atoms with Crippen LogP contribution in [0.2, 0.25) is 0 Å². The number of aryl methyl sites for hydroxylation is 2. The van der Waals surface area contributed by atoms with Crippen molar-refractivity contribution in [2.24, 2.45) is 0 Å². The number of nitrogens with zero attached hydrogens (tertiary/aromatic N) is 1. The van der Waals surface area contributed by atoms with Crippen molar-refractivity contribution in [1.82, 2.24) is 0 Å². The van der Waals surface area contributed by atoms with Crippen LogP contribution in [-0.4, -0.2) is 30.9 Å². The zero-order valence-electron chi connectivity index (χ0n) is 16.7. The first-order valence-corrected chi connectivity index (χ1v) is 9.24. The van der Waals surface area contributed by atoms with Gasteiger partial charge >= 0.3 is 5.97 Å². The topological polar surface area (TPSA) is 75.7 Å². The molecule has 6 nitrogen and oxygen atoms in total. The second kappa shape index (κ2) is 9.69. The van der Waals surface area contributed by atoms with E-state index < -0.39 is 5.97 Å². The highest BCUT2D eigenvalue weighted by Gasteiger charge is 2.20. The predicted molar refractivity (Wildman–Crippen MR) is 110 cm³/mol. The van der Waals surface area contributed by atoms with Crippen molar-refractivity contribution in [2.45, 2.75) is 34.1 Å².